The van der Waals surface area contributed by atoms with Crippen molar-refractivity contribution in [3.8, 4) is 5.82 Å². The number of nitrogens with zero attached hydrogens (tertiary/aromatic N) is 3. The smallest absolute Gasteiger partial charge is 0.320 e. The van der Waals surface area contributed by atoms with Crippen LogP contribution in [0, 0.1) is 0 Å². The number of hydrogen-bond acceptors (Lipinski definition) is 5. The molecule has 2 amide bonds. The van der Waals surface area contributed by atoms with Gasteiger partial charge in [-0.05, 0) is 30.3 Å². The van der Waals surface area contributed by atoms with Gasteiger partial charge in [-0.15, -0.1) is 0 Å². The minimum atomic E-state index is -4.83. The number of nitrogen functional groups attached to an aromatic ring is 1. The molecule has 0 fully saturated rings. The van der Waals surface area contributed by atoms with Gasteiger partial charge in [0.1, 0.15) is 5.69 Å². The lowest BCUT2D eigenvalue weighted by Crippen LogP contribution is -2.31. The molecule has 4 N–H and O–H groups in total. The Bertz CT molecular complexity index is 1130. The molecule has 0 aliphatic rings. The number of pyridine rings is 1. The Morgan fingerprint density at radius 3 is 2.47 bits per heavy atom. The second-order valence-electron chi connectivity index (χ2n) is 5.75. The Labute approximate surface area is 176 Å². The molecule has 8 nitrogen and oxygen atoms in total. The zero-order valence-electron chi connectivity index (χ0n) is 14.7. The molecule has 3 rings (SSSR count). The van der Waals surface area contributed by atoms with Crippen LogP contribution in [0.25, 0.3) is 5.82 Å². The van der Waals surface area contributed by atoms with Gasteiger partial charge in [0.05, 0.1) is 16.3 Å². The summed E-state index contributed by atoms with van der Waals surface area (Å²) in [5, 5.41) is 5.92. The molecule has 2 aromatic heterocycles. The summed E-state index contributed by atoms with van der Waals surface area (Å²) in [4.78, 5) is 28.6. The van der Waals surface area contributed by atoms with E-state index in [4.69, 9.17) is 29.0 Å². The second-order valence-corrected chi connectivity index (χ2v) is 6.59. The van der Waals surface area contributed by atoms with Crippen LogP contribution < -0.4 is 16.6 Å². The van der Waals surface area contributed by atoms with Gasteiger partial charge in [-0.25, -0.2) is 15.5 Å². The summed E-state index contributed by atoms with van der Waals surface area (Å²) >= 11 is 11.9. The Morgan fingerprint density at radius 1 is 1.10 bits per heavy atom. The minimum Gasteiger partial charge on any atom is -0.320 e. The van der Waals surface area contributed by atoms with Crippen molar-refractivity contribution in [3.63, 3.8) is 0 Å². The van der Waals surface area contributed by atoms with Crippen molar-refractivity contribution >= 4 is 40.7 Å². The number of aromatic nitrogens is 3. The third-order valence-corrected chi connectivity index (χ3v) is 4.31. The molecule has 1 aromatic carbocycles. The predicted molar refractivity (Wildman–Crippen MR) is 102 cm³/mol. The van der Waals surface area contributed by atoms with Crippen LogP contribution in [-0.2, 0) is 6.18 Å². The molecule has 30 heavy (non-hydrogen) atoms. The molecule has 0 aliphatic carbocycles. The Hall–Kier alpha value is -3.15. The third-order valence-electron chi connectivity index (χ3n) is 3.78. The SMILES string of the molecule is NNC(=O)c1cc(Cl)ccc1NC(=O)c1cc(C(F)(F)F)nn1-c1ncccc1Cl. The van der Waals surface area contributed by atoms with E-state index in [1.165, 1.54) is 36.5 Å². The summed E-state index contributed by atoms with van der Waals surface area (Å²) < 4.78 is 40.3. The molecule has 0 saturated carbocycles. The average Bonchev–Trinajstić information content (AvgIpc) is 3.15. The first kappa shape index (κ1) is 21.6. The van der Waals surface area contributed by atoms with Crippen LogP contribution in [-0.4, -0.2) is 26.6 Å². The van der Waals surface area contributed by atoms with Gasteiger partial charge in [0.15, 0.2) is 11.5 Å². The average molecular weight is 459 g/mol. The van der Waals surface area contributed by atoms with Crippen LogP contribution in [0.2, 0.25) is 10.0 Å². The number of halogens is 5. The molecule has 13 heteroatoms. The maximum atomic E-state index is 13.2. The lowest BCUT2D eigenvalue weighted by molar-refractivity contribution is -0.141. The van der Waals surface area contributed by atoms with Crippen LogP contribution in [0.3, 0.4) is 0 Å². The summed E-state index contributed by atoms with van der Waals surface area (Å²) in [5.74, 6) is 3.15. The number of carbonyl (C=O) groups is 2. The van der Waals surface area contributed by atoms with E-state index in [1.54, 1.807) is 0 Å². The van der Waals surface area contributed by atoms with E-state index >= 15 is 0 Å². The van der Waals surface area contributed by atoms with Gasteiger partial charge in [0, 0.05) is 17.3 Å². The van der Waals surface area contributed by atoms with Gasteiger partial charge < -0.3 is 5.32 Å². The van der Waals surface area contributed by atoms with Crippen LogP contribution in [0.15, 0.2) is 42.6 Å². The monoisotopic (exact) mass is 458 g/mol. The highest BCUT2D eigenvalue weighted by Crippen LogP contribution is 2.31. The lowest BCUT2D eigenvalue weighted by Gasteiger charge is -2.12. The number of hydrogen-bond donors (Lipinski definition) is 3. The van der Waals surface area contributed by atoms with Crippen molar-refractivity contribution in [3.05, 3.63) is 69.6 Å². The molecular weight excluding hydrogens is 448 g/mol. The fourth-order valence-electron chi connectivity index (χ4n) is 2.45. The molecule has 0 bridgehead atoms. The predicted octanol–water partition coefficient (Wildman–Crippen LogP) is 3.45. The van der Waals surface area contributed by atoms with Gasteiger partial charge in [0.25, 0.3) is 11.8 Å². The highest BCUT2D eigenvalue weighted by molar-refractivity contribution is 6.32. The van der Waals surface area contributed by atoms with Crippen molar-refractivity contribution in [2.45, 2.75) is 6.18 Å². The lowest BCUT2D eigenvalue weighted by atomic mass is 10.1. The number of benzene rings is 1. The van der Waals surface area contributed by atoms with Crippen molar-refractivity contribution in [2.75, 3.05) is 5.32 Å². The maximum absolute atomic E-state index is 13.2. The molecule has 0 atom stereocenters. The Kier molecular flexibility index (Phi) is 5.97. The normalized spacial score (nSPS) is 11.3. The minimum absolute atomic E-state index is 0.0296. The van der Waals surface area contributed by atoms with E-state index in [0.29, 0.717) is 10.7 Å². The summed E-state index contributed by atoms with van der Waals surface area (Å²) in [6.07, 6.45) is -3.55. The fourth-order valence-corrected chi connectivity index (χ4v) is 2.83. The molecule has 3 aromatic rings. The number of anilines is 1. The van der Waals surface area contributed by atoms with Gasteiger partial charge in [-0.1, -0.05) is 23.2 Å². The fraction of sp³-hybridized carbons (Fsp3) is 0.0588. The number of amides is 2. The quantitative estimate of drug-likeness (QED) is 0.314. The first-order chi connectivity index (χ1) is 14.1. The van der Waals surface area contributed by atoms with Crippen molar-refractivity contribution in [1.29, 1.82) is 0 Å². The zero-order chi connectivity index (χ0) is 22.1. The van der Waals surface area contributed by atoms with E-state index in [1.807, 2.05) is 5.43 Å². The highest BCUT2D eigenvalue weighted by Gasteiger charge is 2.36. The van der Waals surface area contributed by atoms with Crippen molar-refractivity contribution < 1.29 is 22.8 Å². The van der Waals surface area contributed by atoms with Crippen LogP contribution in [0.4, 0.5) is 18.9 Å². The Balaban J connectivity index is 2.08. The van der Waals surface area contributed by atoms with Gasteiger partial charge >= 0.3 is 6.18 Å². The van der Waals surface area contributed by atoms with Gasteiger partial charge in [-0.3, -0.25) is 15.0 Å². The van der Waals surface area contributed by atoms with E-state index < -0.39 is 29.4 Å². The standard InChI is InChI=1S/C17H11Cl2F3N6O2/c18-8-3-4-11(9(6-8)15(29)26-23)25-16(30)12-7-13(17(20,21)22)27-28(12)14-10(19)2-1-5-24-14/h1-7H,23H2,(H,25,30)(H,26,29). The number of nitrogens with two attached hydrogens (primary N) is 1. The first-order valence-electron chi connectivity index (χ1n) is 8.02. The van der Waals surface area contributed by atoms with Crippen LogP contribution in [0.1, 0.15) is 26.5 Å². The van der Waals surface area contributed by atoms with Crippen LogP contribution in [0.5, 0.6) is 0 Å². The molecule has 0 saturated heterocycles. The second kappa shape index (κ2) is 8.30. The highest BCUT2D eigenvalue weighted by atomic mass is 35.5. The van der Waals surface area contributed by atoms with E-state index in [0.717, 1.165) is 0 Å². The summed E-state index contributed by atoms with van der Waals surface area (Å²) in [6, 6.07) is 7.28. The molecule has 2 heterocycles. The number of rotatable bonds is 4. The zero-order valence-corrected chi connectivity index (χ0v) is 16.2. The van der Waals surface area contributed by atoms with Crippen molar-refractivity contribution in [2.24, 2.45) is 5.84 Å². The van der Waals surface area contributed by atoms with Crippen LogP contribution >= 0.6 is 23.2 Å². The van der Waals surface area contributed by atoms with E-state index in [9.17, 15) is 22.8 Å². The molecule has 156 valence electrons. The molecule has 0 spiro atoms. The summed E-state index contributed by atoms with van der Waals surface area (Å²) in [6.45, 7) is 0. The van der Waals surface area contributed by atoms with Gasteiger partial charge in [0.2, 0.25) is 0 Å². The number of hydrazine groups is 1. The largest absolute Gasteiger partial charge is 0.435 e. The first-order valence-corrected chi connectivity index (χ1v) is 8.77. The summed E-state index contributed by atoms with van der Waals surface area (Å²) in [7, 11) is 0. The maximum Gasteiger partial charge on any atom is 0.435 e. The number of alkyl halides is 3. The van der Waals surface area contributed by atoms with E-state index in [2.05, 4.69) is 15.4 Å². The third kappa shape index (κ3) is 4.37. The Morgan fingerprint density at radius 2 is 1.83 bits per heavy atom. The van der Waals surface area contributed by atoms with Crippen molar-refractivity contribution in [1.82, 2.24) is 20.2 Å². The summed E-state index contributed by atoms with van der Waals surface area (Å²) in [5.41, 5.74) is -0.0986. The van der Waals surface area contributed by atoms with E-state index in [-0.39, 0.29) is 27.1 Å². The number of carbonyl (C=O) groups excluding carboxylic acids is 2. The molecule has 0 aliphatic heterocycles. The molecule has 0 unspecified atom stereocenters. The molecule has 0 radical (unpaired) electrons. The topological polar surface area (TPSA) is 115 Å². The van der Waals surface area contributed by atoms with Gasteiger partial charge in [-0.2, -0.15) is 18.3 Å². The molecular formula is C17H11Cl2F3N6O2. The number of nitrogens with one attached hydrogen (secondary N) is 2.